The third-order valence-corrected chi connectivity index (χ3v) is 9.11. The van der Waals surface area contributed by atoms with Gasteiger partial charge >= 0.3 is 0 Å². The summed E-state index contributed by atoms with van der Waals surface area (Å²) < 4.78 is 2.40. The fraction of sp³-hybridized carbons (Fsp3) is 0.100. The number of para-hydroxylation sites is 4. The summed E-state index contributed by atoms with van der Waals surface area (Å²) in [5.41, 5.74) is 13.7. The average Bonchev–Trinajstić information content (AvgIpc) is 3.36. The minimum absolute atomic E-state index is 0.0563. The molecule has 0 aliphatic carbocycles. The molecular weight excluding hydrogens is 508 g/mol. The summed E-state index contributed by atoms with van der Waals surface area (Å²) in [5, 5.41) is 2.58. The Kier molecular flexibility index (Phi) is 5.42. The molecular formula is C40H32N2. The van der Waals surface area contributed by atoms with Crippen LogP contribution in [-0.4, -0.2) is 4.57 Å². The van der Waals surface area contributed by atoms with Crippen molar-refractivity contribution in [1.82, 2.24) is 4.57 Å². The van der Waals surface area contributed by atoms with Gasteiger partial charge in [-0.15, -0.1) is 0 Å². The van der Waals surface area contributed by atoms with E-state index < -0.39 is 0 Å². The largest absolute Gasteiger partial charge is 0.310 e. The van der Waals surface area contributed by atoms with E-state index in [1.807, 2.05) is 0 Å². The number of hydrogen-bond donors (Lipinski definition) is 0. The molecule has 8 rings (SSSR count). The predicted octanol–water partition coefficient (Wildman–Crippen LogP) is 10.9. The van der Waals surface area contributed by atoms with Crippen molar-refractivity contribution in [2.75, 3.05) is 4.90 Å². The Balaban J connectivity index is 1.19. The van der Waals surface area contributed by atoms with Gasteiger partial charge in [-0.2, -0.15) is 0 Å². The summed E-state index contributed by atoms with van der Waals surface area (Å²) in [4.78, 5) is 2.41. The molecule has 0 N–H and O–H groups in total. The molecule has 2 heterocycles. The first-order chi connectivity index (χ1) is 20.5. The molecule has 6 aromatic carbocycles. The van der Waals surface area contributed by atoms with Gasteiger partial charge in [0.1, 0.15) is 0 Å². The molecule has 2 heteroatoms. The smallest absolute Gasteiger partial charge is 0.0541 e. The van der Waals surface area contributed by atoms with E-state index in [2.05, 4.69) is 170 Å². The van der Waals surface area contributed by atoms with E-state index >= 15 is 0 Å². The van der Waals surface area contributed by atoms with Crippen LogP contribution < -0.4 is 4.90 Å². The zero-order valence-corrected chi connectivity index (χ0v) is 24.2. The molecule has 0 spiro atoms. The van der Waals surface area contributed by atoms with Crippen molar-refractivity contribution in [3.8, 4) is 16.8 Å². The number of anilines is 3. The number of aromatic nitrogens is 1. The van der Waals surface area contributed by atoms with Crippen molar-refractivity contribution in [3.05, 3.63) is 156 Å². The quantitative estimate of drug-likeness (QED) is 0.216. The van der Waals surface area contributed by atoms with E-state index in [0.29, 0.717) is 0 Å². The number of nitrogens with zero attached hydrogens (tertiary/aromatic N) is 2. The lowest BCUT2D eigenvalue weighted by atomic mass is 9.73. The average molecular weight is 541 g/mol. The predicted molar refractivity (Wildman–Crippen MR) is 178 cm³/mol. The molecule has 0 saturated carbocycles. The maximum atomic E-state index is 2.41. The fourth-order valence-electron chi connectivity index (χ4n) is 7.02. The van der Waals surface area contributed by atoms with Crippen LogP contribution in [0.15, 0.2) is 140 Å². The first kappa shape index (κ1) is 24.7. The lowest BCUT2D eigenvalue weighted by molar-refractivity contribution is 0.632. The van der Waals surface area contributed by atoms with Crippen molar-refractivity contribution in [2.45, 2.75) is 26.2 Å². The van der Waals surface area contributed by atoms with E-state index in [4.69, 9.17) is 0 Å². The molecule has 0 unspecified atom stereocenters. The lowest BCUT2D eigenvalue weighted by Crippen LogP contribution is -2.30. The van der Waals surface area contributed by atoms with Gasteiger partial charge in [-0.1, -0.05) is 105 Å². The van der Waals surface area contributed by atoms with Gasteiger partial charge in [-0.3, -0.25) is 0 Å². The SMILES string of the molecule is Cc1cc(-c2ccc(N3c4ccccc4C(C)(C)c4ccccc43)cc2)ccc1-n1c2ccccc2c2ccccc21. The van der Waals surface area contributed by atoms with Gasteiger partial charge in [0.15, 0.2) is 0 Å². The molecule has 0 fully saturated rings. The van der Waals surface area contributed by atoms with E-state index in [0.717, 1.165) is 0 Å². The molecule has 1 aliphatic heterocycles. The van der Waals surface area contributed by atoms with Crippen LogP contribution in [0.25, 0.3) is 38.6 Å². The molecule has 0 amide bonds. The van der Waals surface area contributed by atoms with Crippen molar-refractivity contribution >= 4 is 38.9 Å². The monoisotopic (exact) mass is 540 g/mol. The molecule has 0 saturated heterocycles. The Labute approximate surface area is 247 Å². The fourth-order valence-corrected chi connectivity index (χ4v) is 7.02. The Bertz CT molecular complexity index is 2030. The van der Waals surface area contributed by atoms with Crippen LogP contribution in [0.5, 0.6) is 0 Å². The third-order valence-electron chi connectivity index (χ3n) is 9.11. The Morgan fingerprint density at radius 2 is 0.976 bits per heavy atom. The van der Waals surface area contributed by atoms with E-state index in [-0.39, 0.29) is 5.41 Å². The van der Waals surface area contributed by atoms with E-state index in [9.17, 15) is 0 Å². The molecule has 202 valence electrons. The van der Waals surface area contributed by atoms with Crippen molar-refractivity contribution in [3.63, 3.8) is 0 Å². The third kappa shape index (κ3) is 3.58. The minimum atomic E-state index is -0.0563. The molecule has 7 aromatic rings. The van der Waals surface area contributed by atoms with Gasteiger partial charge < -0.3 is 9.47 Å². The van der Waals surface area contributed by atoms with Gasteiger partial charge in [0.25, 0.3) is 0 Å². The lowest BCUT2D eigenvalue weighted by Gasteiger charge is -2.42. The van der Waals surface area contributed by atoms with Gasteiger partial charge in [-0.25, -0.2) is 0 Å². The topological polar surface area (TPSA) is 8.17 Å². The first-order valence-electron chi connectivity index (χ1n) is 14.7. The molecule has 0 atom stereocenters. The second-order valence-corrected chi connectivity index (χ2v) is 11.9. The van der Waals surface area contributed by atoms with Crippen LogP contribution in [0, 0.1) is 6.92 Å². The Morgan fingerprint density at radius 3 is 1.55 bits per heavy atom. The summed E-state index contributed by atoms with van der Waals surface area (Å²) in [7, 11) is 0. The zero-order chi connectivity index (χ0) is 28.4. The summed E-state index contributed by atoms with van der Waals surface area (Å²) in [6.45, 7) is 6.88. The highest BCUT2D eigenvalue weighted by molar-refractivity contribution is 6.09. The van der Waals surface area contributed by atoms with Crippen LogP contribution in [0.3, 0.4) is 0 Å². The highest BCUT2D eigenvalue weighted by atomic mass is 15.2. The van der Waals surface area contributed by atoms with Crippen LogP contribution in [0.2, 0.25) is 0 Å². The maximum absolute atomic E-state index is 2.41. The van der Waals surface area contributed by atoms with Crippen LogP contribution >= 0.6 is 0 Å². The summed E-state index contributed by atoms with van der Waals surface area (Å²) in [6, 6.07) is 50.9. The van der Waals surface area contributed by atoms with Crippen LogP contribution in [-0.2, 0) is 5.41 Å². The number of rotatable bonds is 3. The Hall–Kier alpha value is -5.08. The Morgan fingerprint density at radius 1 is 0.476 bits per heavy atom. The molecule has 42 heavy (non-hydrogen) atoms. The molecule has 0 radical (unpaired) electrons. The number of benzene rings is 6. The van der Waals surface area contributed by atoms with Crippen molar-refractivity contribution < 1.29 is 0 Å². The molecule has 1 aliphatic rings. The highest BCUT2D eigenvalue weighted by Crippen LogP contribution is 2.51. The minimum Gasteiger partial charge on any atom is -0.310 e. The van der Waals surface area contributed by atoms with Gasteiger partial charge in [0, 0.05) is 27.6 Å². The summed E-state index contributed by atoms with van der Waals surface area (Å²) in [6.07, 6.45) is 0. The molecule has 2 nitrogen and oxygen atoms in total. The van der Waals surface area contributed by atoms with Gasteiger partial charge in [0.05, 0.1) is 22.4 Å². The summed E-state index contributed by atoms with van der Waals surface area (Å²) >= 11 is 0. The van der Waals surface area contributed by atoms with Crippen molar-refractivity contribution in [1.29, 1.82) is 0 Å². The molecule has 1 aromatic heterocycles. The number of fused-ring (bicyclic) bond motifs is 5. The second-order valence-electron chi connectivity index (χ2n) is 11.9. The maximum Gasteiger partial charge on any atom is 0.0541 e. The zero-order valence-electron chi connectivity index (χ0n) is 24.2. The number of aryl methyl sites for hydroxylation is 1. The van der Waals surface area contributed by atoms with E-state index in [1.54, 1.807) is 0 Å². The van der Waals surface area contributed by atoms with E-state index in [1.165, 1.54) is 72.4 Å². The summed E-state index contributed by atoms with van der Waals surface area (Å²) in [5.74, 6) is 0. The standard InChI is InChI=1S/C40H32N2/c1-27-26-29(22-25-35(27)42-36-16-8-4-12-31(36)32-13-5-9-17-37(32)42)28-20-23-30(24-21-28)41-38-18-10-6-14-33(38)40(2,3)34-15-7-11-19-39(34)41/h4-26H,1-3H3. The first-order valence-corrected chi connectivity index (χ1v) is 14.7. The molecule has 0 bridgehead atoms. The van der Waals surface area contributed by atoms with Crippen LogP contribution in [0.4, 0.5) is 17.1 Å². The normalized spacial score (nSPS) is 13.7. The van der Waals surface area contributed by atoms with Gasteiger partial charge in [0.2, 0.25) is 0 Å². The van der Waals surface area contributed by atoms with Crippen LogP contribution in [0.1, 0.15) is 30.5 Å². The highest BCUT2D eigenvalue weighted by Gasteiger charge is 2.36. The van der Waals surface area contributed by atoms with Gasteiger partial charge in [-0.05, 0) is 83.3 Å². The van der Waals surface area contributed by atoms with Crippen molar-refractivity contribution in [2.24, 2.45) is 0 Å². The number of hydrogen-bond acceptors (Lipinski definition) is 1. The second kappa shape index (κ2) is 9.22.